The lowest BCUT2D eigenvalue weighted by atomic mass is 10.1. The Labute approximate surface area is 257 Å². The van der Waals surface area contributed by atoms with Gasteiger partial charge in [0.25, 0.3) is 5.91 Å². The predicted octanol–water partition coefficient (Wildman–Crippen LogP) is 7.58. The number of amides is 3. The zero-order chi connectivity index (χ0) is 30.2. The van der Waals surface area contributed by atoms with Gasteiger partial charge in [0.15, 0.2) is 5.82 Å². The number of halogens is 7. The standard InChI is InChI=1S/C27H17Cl5F2N4O3/c1-38(20(39)8-9-35)24-18(33)6-7-19(23(24)34)37-25(40)14-11-13(3-5-15(14)28)36-26(41)22-21(27(22,31)32)12-2-4-16(29)17(30)10-12/h2-7,10-11,21-22H,8H2,1H3,(H,36,41)(H,37,40)/t21-,22?/m0/s1. The van der Waals surface area contributed by atoms with Crippen molar-refractivity contribution in [2.75, 3.05) is 22.6 Å². The monoisotopic (exact) mass is 658 g/mol. The van der Waals surface area contributed by atoms with Gasteiger partial charge in [-0.25, -0.2) is 8.78 Å². The number of hydrogen-bond donors (Lipinski definition) is 2. The van der Waals surface area contributed by atoms with Gasteiger partial charge in [-0.1, -0.05) is 40.9 Å². The van der Waals surface area contributed by atoms with Gasteiger partial charge in [0.05, 0.1) is 38.3 Å². The van der Waals surface area contributed by atoms with Gasteiger partial charge in [0.2, 0.25) is 11.8 Å². The molecule has 14 heteroatoms. The molecule has 0 spiro atoms. The van der Waals surface area contributed by atoms with Gasteiger partial charge in [-0.05, 0) is 48.0 Å². The second kappa shape index (κ2) is 12.0. The molecule has 0 bridgehead atoms. The third-order valence-corrected chi connectivity index (χ3v) is 8.38. The number of rotatable bonds is 7. The summed E-state index contributed by atoms with van der Waals surface area (Å²) in [7, 11) is 1.10. The van der Waals surface area contributed by atoms with Gasteiger partial charge in [0, 0.05) is 18.7 Å². The van der Waals surface area contributed by atoms with Crippen LogP contribution in [0, 0.1) is 28.9 Å². The van der Waals surface area contributed by atoms with E-state index in [0.29, 0.717) is 15.5 Å². The molecule has 7 nitrogen and oxygen atoms in total. The molecule has 1 fully saturated rings. The molecular weight excluding hydrogens is 644 g/mol. The first-order valence-corrected chi connectivity index (χ1v) is 13.5. The molecule has 1 unspecified atom stereocenters. The maximum atomic E-state index is 15.1. The van der Waals surface area contributed by atoms with Crippen molar-refractivity contribution >= 4 is 92.8 Å². The Hall–Kier alpha value is -3.13. The summed E-state index contributed by atoms with van der Waals surface area (Å²) >= 11 is 31.0. The largest absolute Gasteiger partial charge is 0.326 e. The zero-order valence-electron chi connectivity index (χ0n) is 20.7. The maximum absolute atomic E-state index is 15.1. The summed E-state index contributed by atoms with van der Waals surface area (Å²) < 4.78 is 28.1. The second-order valence-electron chi connectivity index (χ2n) is 8.99. The molecule has 1 aliphatic rings. The lowest BCUT2D eigenvalue weighted by Crippen LogP contribution is -2.28. The summed E-state index contributed by atoms with van der Waals surface area (Å²) in [6.07, 6.45) is -0.607. The van der Waals surface area contributed by atoms with E-state index in [1.54, 1.807) is 24.3 Å². The quantitative estimate of drug-likeness (QED) is 0.255. The Balaban J connectivity index is 1.53. The van der Waals surface area contributed by atoms with E-state index < -0.39 is 63.3 Å². The van der Waals surface area contributed by atoms with Gasteiger partial charge >= 0.3 is 0 Å². The molecule has 0 aliphatic heterocycles. The topological polar surface area (TPSA) is 102 Å². The minimum absolute atomic E-state index is 0.0336. The van der Waals surface area contributed by atoms with Crippen molar-refractivity contribution in [1.82, 2.24) is 0 Å². The van der Waals surface area contributed by atoms with Gasteiger partial charge < -0.3 is 15.5 Å². The van der Waals surface area contributed by atoms with Crippen LogP contribution in [0.25, 0.3) is 0 Å². The van der Waals surface area contributed by atoms with Crippen molar-refractivity contribution in [1.29, 1.82) is 5.26 Å². The van der Waals surface area contributed by atoms with Crippen molar-refractivity contribution in [3.05, 3.63) is 86.4 Å². The number of benzene rings is 3. The van der Waals surface area contributed by atoms with Gasteiger partial charge in [-0.15, -0.1) is 23.2 Å². The van der Waals surface area contributed by atoms with Crippen molar-refractivity contribution in [3.63, 3.8) is 0 Å². The number of carbonyl (C=O) groups is 3. The van der Waals surface area contributed by atoms with E-state index in [1.807, 2.05) is 0 Å². The van der Waals surface area contributed by atoms with Crippen molar-refractivity contribution in [3.8, 4) is 6.07 Å². The summed E-state index contributed by atoms with van der Waals surface area (Å²) in [6.45, 7) is 0. The molecule has 3 amide bonds. The summed E-state index contributed by atoms with van der Waals surface area (Å²) in [5, 5.41) is 14.2. The second-order valence-corrected chi connectivity index (χ2v) is 11.7. The number of anilines is 3. The molecule has 2 N–H and O–H groups in total. The summed E-state index contributed by atoms with van der Waals surface area (Å²) in [6, 6.07) is 12.2. The highest BCUT2D eigenvalue weighted by Crippen LogP contribution is 2.65. The summed E-state index contributed by atoms with van der Waals surface area (Å²) in [5.74, 6) is -6.04. The summed E-state index contributed by atoms with van der Waals surface area (Å²) in [5.41, 5.74) is -0.577. The molecule has 3 aromatic carbocycles. The zero-order valence-corrected chi connectivity index (χ0v) is 24.5. The number of nitrogens with zero attached hydrogens (tertiary/aromatic N) is 2. The molecule has 0 aromatic heterocycles. The van der Waals surface area contributed by atoms with E-state index in [1.165, 1.54) is 18.2 Å². The van der Waals surface area contributed by atoms with Crippen molar-refractivity contribution in [2.45, 2.75) is 16.7 Å². The molecule has 212 valence electrons. The van der Waals surface area contributed by atoms with E-state index in [0.717, 1.165) is 19.2 Å². The van der Waals surface area contributed by atoms with Crippen LogP contribution in [0.4, 0.5) is 25.8 Å². The Bertz CT molecular complexity index is 1630. The fourth-order valence-electron chi connectivity index (χ4n) is 4.22. The highest BCUT2D eigenvalue weighted by molar-refractivity contribution is 6.53. The van der Waals surface area contributed by atoms with Crippen LogP contribution in [0.2, 0.25) is 15.1 Å². The lowest BCUT2D eigenvalue weighted by Gasteiger charge is -2.19. The Morgan fingerprint density at radius 2 is 1.66 bits per heavy atom. The van der Waals surface area contributed by atoms with Crippen molar-refractivity contribution < 1.29 is 23.2 Å². The molecule has 4 rings (SSSR count). The van der Waals surface area contributed by atoms with Crippen LogP contribution in [0.1, 0.15) is 28.3 Å². The lowest BCUT2D eigenvalue weighted by molar-refractivity contribution is -0.118. The minimum atomic E-state index is -1.42. The number of alkyl halides is 2. The molecule has 1 aliphatic carbocycles. The van der Waals surface area contributed by atoms with Crippen LogP contribution in [0.5, 0.6) is 0 Å². The number of carbonyl (C=O) groups excluding carboxylic acids is 3. The number of nitrogens with one attached hydrogen (secondary N) is 2. The highest BCUT2D eigenvalue weighted by atomic mass is 35.5. The van der Waals surface area contributed by atoms with Crippen LogP contribution in [-0.4, -0.2) is 29.1 Å². The predicted molar refractivity (Wildman–Crippen MR) is 155 cm³/mol. The molecule has 2 atom stereocenters. The average Bonchev–Trinajstić information content (AvgIpc) is 3.50. The molecular formula is C27H17Cl5F2N4O3. The van der Waals surface area contributed by atoms with E-state index in [-0.39, 0.29) is 21.3 Å². The van der Waals surface area contributed by atoms with Crippen LogP contribution in [0.3, 0.4) is 0 Å². The fraction of sp³-hybridized carbons (Fsp3) is 0.185. The highest BCUT2D eigenvalue weighted by Gasteiger charge is 2.67. The molecule has 0 radical (unpaired) electrons. The number of hydrogen-bond acceptors (Lipinski definition) is 4. The van der Waals surface area contributed by atoms with Crippen LogP contribution < -0.4 is 15.5 Å². The Morgan fingerprint density at radius 1 is 0.976 bits per heavy atom. The van der Waals surface area contributed by atoms with Crippen LogP contribution >= 0.6 is 58.0 Å². The molecule has 3 aromatic rings. The normalized spacial score (nSPS) is 16.9. The van der Waals surface area contributed by atoms with Crippen molar-refractivity contribution in [2.24, 2.45) is 5.92 Å². The third-order valence-electron chi connectivity index (χ3n) is 6.37. The number of nitriles is 1. The smallest absolute Gasteiger partial charge is 0.257 e. The van der Waals surface area contributed by atoms with E-state index in [9.17, 15) is 18.8 Å². The van der Waals surface area contributed by atoms with E-state index in [4.69, 9.17) is 63.3 Å². The van der Waals surface area contributed by atoms with Gasteiger partial charge in [-0.2, -0.15) is 5.26 Å². The van der Waals surface area contributed by atoms with Crippen LogP contribution in [0.15, 0.2) is 48.5 Å². The third kappa shape index (κ3) is 6.22. The first-order valence-electron chi connectivity index (χ1n) is 11.6. The Morgan fingerprint density at radius 3 is 2.32 bits per heavy atom. The average molecular weight is 661 g/mol. The van der Waals surface area contributed by atoms with Gasteiger partial charge in [0.1, 0.15) is 22.3 Å². The SMILES string of the molecule is CN(C(=O)CC#N)c1c(F)ccc(NC(=O)c2cc(NC(=O)C3[C@H](c4ccc(Cl)c(Cl)c4)C3(Cl)Cl)ccc2Cl)c1F. The molecule has 1 saturated carbocycles. The first-order chi connectivity index (χ1) is 19.3. The minimum Gasteiger partial charge on any atom is -0.326 e. The van der Waals surface area contributed by atoms with Gasteiger partial charge in [-0.3, -0.25) is 14.4 Å². The molecule has 41 heavy (non-hydrogen) atoms. The Kier molecular flexibility index (Phi) is 9.02. The van der Waals surface area contributed by atoms with Crippen LogP contribution in [-0.2, 0) is 9.59 Å². The molecule has 0 heterocycles. The summed E-state index contributed by atoms with van der Waals surface area (Å²) in [4.78, 5) is 38.7. The molecule has 0 saturated heterocycles. The maximum Gasteiger partial charge on any atom is 0.257 e. The van der Waals surface area contributed by atoms with E-state index in [2.05, 4.69) is 10.6 Å². The fourth-order valence-corrected chi connectivity index (χ4v) is 5.55. The van der Waals surface area contributed by atoms with E-state index >= 15 is 4.39 Å². The first kappa shape index (κ1) is 30.8.